The molecule has 59 heavy (non-hydrogen) atoms. The van der Waals surface area contributed by atoms with Crippen LogP contribution in [0.25, 0.3) is 11.1 Å². The predicted octanol–water partition coefficient (Wildman–Crippen LogP) is 8.81. The van der Waals surface area contributed by atoms with E-state index in [0.717, 1.165) is 50.2 Å². The fourth-order valence-corrected chi connectivity index (χ4v) is 7.53. The number of halogens is 2. The van der Waals surface area contributed by atoms with E-state index in [0.29, 0.717) is 33.9 Å². The lowest BCUT2D eigenvalue weighted by Gasteiger charge is -2.39. The zero-order valence-electron chi connectivity index (χ0n) is 33.5. The Morgan fingerprint density at radius 1 is 0.915 bits per heavy atom. The van der Waals surface area contributed by atoms with Crippen molar-refractivity contribution in [2.45, 2.75) is 84.3 Å². The summed E-state index contributed by atoms with van der Waals surface area (Å²) in [6.07, 6.45) is 1.57. The van der Waals surface area contributed by atoms with Crippen LogP contribution in [0.15, 0.2) is 91.1 Å². The van der Waals surface area contributed by atoms with Crippen LogP contribution in [-0.4, -0.2) is 57.1 Å². The number of fused-ring (bicyclic) bond motifs is 2. The molecule has 0 saturated heterocycles. The van der Waals surface area contributed by atoms with Gasteiger partial charge >= 0.3 is 12.0 Å². The Hall–Kier alpha value is -5.78. The highest BCUT2D eigenvalue weighted by atomic mass is 35.5. The summed E-state index contributed by atoms with van der Waals surface area (Å²) in [5, 5.41) is 16.9. The van der Waals surface area contributed by atoms with Crippen LogP contribution in [0.3, 0.4) is 0 Å². The van der Waals surface area contributed by atoms with Crippen LogP contribution in [-0.2, 0) is 35.6 Å². The molecule has 3 N–H and O–H groups in total. The summed E-state index contributed by atoms with van der Waals surface area (Å²) >= 11 is 12.2. The molecule has 0 unspecified atom stereocenters. The van der Waals surface area contributed by atoms with Crippen molar-refractivity contribution in [1.82, 2.24) is 20.5 Å². The van der Waals surface area contributed by atoms with Crippen LogP contribution < -0.4 is 24.8 Å². The van der Waals surface area contributed by atoms with E-state index in [1.807, 2.05) is 107 Å². The minimum Gasteiger partial charge on any atom is -0.489 e. The quantitative estimate of drug-likeness (QED) is 0.127. The molecule has 1 aromatic heterocycles. The summed E-state index contributed by atoms with van der Waals surface area (Å²) in [4.78, 5) is 46.2. The number of carboxylic acid groups (broad SMARTS) is 1. The van der Waals surface area contributed by atoms with Gasteiger partial charge in [0.25, 0.3) is 0 Å². The van der Waals surface area contributed by atoms with Gasteiger partial charge in [-0.05, 0) is 122 Å². The van der Waals surface area contributed by atoms with Gasteiger partial charge in [0.2, 0.25) is 5.91 Å². The first-order valence-corrected chi connectivity index (χ1v) is 20.1. The van der Waals surface area contributed by atoms with Gasteiger partial charge in [0.15, 0.2) is 17.6 Å². The highest BCUT2D eigenvalue weighted by Crippen LogP contribution is 2.41. The maximum Gasteiger partial charge on any atom is 0.326 e. The van der Waals surface area contributed by atoms with E-state index >= 15 is 0 Å². The standard InChI is InChI=1S/C46H46Cl2N4O7/c1-26-27(2)49-17-16-35(26)30-9-6-28(7-10-30)19-38(44(54)55)50-43(53)39-20-32-21-40-41(22-33(32)23-52(39)45(56)51-46(3,4)5)59-42(25-58-40)31-11-13-34(14-12-31)57-24-29-8-15-36(47)37(48)18-29/h6-18,21-22,38-39,42H,19-20,23-25H2,1-5H3,(H,50,53)(H,51,56)(H,54,55)/t38-,39-,42+/m0/s1. The normalized spacial score (nSPS) is 16.4. The Labute approximate surface area is 353 Å². The fraction of sp³-hybridized carbons (Fsp3) is 0.304. The first-order valence-electron chi connectivity index (χ1n) is 19.4. The van der Waals surface area contributed by atoms with Crippen molar-refractivity contribution in [2.75, 3.05) is 6.61 Å². The minimum absolute atomic E-state index is 0.0571. The minimum atomic E-state index is -1.23. The summed E-state index contributed by atoms with van der Waals surface area (Å²) in [5.41, 5.74) is 7.57. The highest BCUT2D eigenvalue weighted by Gasteiger charge is 2.39. The molecule has 0 radical (unpaired) electrons. The fourth-order valence-electron chi connectivity index (χ4n) is 7.21. The lowest BCUT2D eigenvalue weighted by molar-refractivity contribution is -0.142. The molecule has 13 heteroatoms. The number of aliphatic carboxylic acids is 1. The second kappa shape index (κ2) is 17.2. The lowest BCUT2D eigenvalue weighted by atomic mass is 9.92. The first kappa shape index (κ1) is 41.4. The molecule has 5 aromatic rings. The zero-order chi connectivity index (χ0) is 42.0. The number of nitrogens with one attached hydrogen (secondary N) is 2. The molecular weight excluding hydrogens is 791 g/mol. The van der Waals surface area contributed by atoms with Crippen molar-refractivity contribution < 1.29 is 33.7 Å². The number of amides is 3. The van der Waals surface area contributed by atoms with Gasteiger partial charge in [0, 0.05) is 36.8 Å². The number of carboxylic acids is 1. The van der Waals surface area contributed by atoms with Gasteiger partial charge in [-0.3, -0.25) is 9.78 Å². The Bertz CT molecular complexity index is 2380. The number of nitrogens with zero attached hydrogens (tertiary/aromatic N) is 2. The molecule has 11 nitrogen and oxygen atoms in total. The molecule has 3 atom stereocenters. The zero-order valence-corrected chi connectivity index (χ0v) is 35.0. The Kier molecular flexibility index (Phi) is 12.1. The predicted molar refractivity (Wildman–Crippen MR) is 226 cm³/mol. The molecular formula is C46H46Cl2N4O7. The van der Waals surface area contributed by atoms with Gasteiger partial charge in [0.1, 0.15) is 31.0 Å². The number of carbonyl (C=O) groups excluding carboxylic acids is 2. The summed E-state index contributed by atoms with van der Waals surface area (Å²) in [6.45, 7) is 10.2. The number of hydrogen-bond acceptors (Lipinski definition) is 7. The van der Waals surface area contributed by atoms with E-state index in [1.165, 1.54) is 4.90 Å². The number of rotatable bonds is 10. The molecule has 0 fully saturated rings. The number of pyridine rings is 1. The SMILES string of the molecule is Cc1nccc(-c2ccc(C[C@H](NC(=O)[C@@H]3Cc4cc5c(cc4CN3C(=O)NC(C)(C)C)O[C@@H](c3ccc(OCc4ccc(Cl)c(Cl)c4)cc3)CO5)C(=O)O)cc2)c1C. The van der Waals surface area contributed by atoms with Gasteiger partial charge in [-0.15, -0.1) is 0 Å². The van der Waals surface area contributed by atoms with E-state index in [1.54, 1.807) is 18.3 Å². The number of carbonyl (C=O) groups is 3. The third-order valence-corrected chi connectivity index (χ3v) is 11.3. The van der Waals surface area contributed by atoms with E-state index in [9.17, 15) is 19.5 Å². The molecule has 3 amide bonds. The van der Waals surface area contributed by atoms with Gasteiger partial charge in [0.05, 0.1) is 10.0 Å². The van der Waals surface area contributed by atoms with Crippen LogP contribution in [0.5, 0.6) is 17.2 Å². The van der Waals surface area contributed by atoms with Crippen LogP contribution in [0, 0.1) is 13.8 Å². The second-order valence-corrected chi connectivity index (χ2v) is 16.8. The Morgan fingerprint density at radius 2 is 1.63 bits per heavy atom. The molecule has 7 rings (SSSR count). The topological polar surface area (TPSA) is 139 Å². The Balaban J connectivity index is 1.05. The van der Waals surface area contributed by atoms with Gasteiger partial charge in [-0.2, -0.15) is 0 Å². The van der Waals surface area contributed by atoms with Crippen molar-refractivity contribution in [3.8, 4) is 28.4 Å². The summed E-state index contributed by atoms with van der Waals surface area (Å²) in [7, 11) is 0. The van der Waals surface area contributed by atoms with Crippen LogP contribution in [0.1, 0.15) is 65.9 Å². The highest BCUT2D eigenvalue weighted by molar-refractivity contribution is 6.42. The van der Waals surface area contributed by atoms with E-state index in [4.69, 9.17) is 37.4 Å². The van der Waals surface area contributed by atoms with E-state index in [-0.39, 0.29) is 26.0 Å². The number of hydrogen-bond donors (Lipinski definition) is 3. The van der Waals surface area contributed by atoms with E-state index < -0.39 is 41.6 Å². The molecule has 4 aromatic carbocycles. The Morgan fingerprint density at radius 3 is 2.32 bits per heavy atom. The third kappa shape index (κ3) is 9.75. The number of aromatic nitrogens is 1. The smallest absolute Gasteiger partial charge is 0.326 e. The number of ether oxygens (including phenoxy) is 3. The molecule has 306 valence electrons. The molecule has 3 heterocycles. The van der Waals surface area contributed by atoms with E-state index in [2.05, 4.69) is 15.6 Å². The van der Waals surface area contributed by atoms with Gasteiger partial charge in [-0.25, -0.2) is 9.59 Å². The third-order valence-electron chi connectivity index (χ3n) is 10.5. The van der Waals surface area contributed by atoms with Crippen molar-refractivity contribution in [3.05, 3.63) is 140 Å². The summed E-state index contributed by atoms with van der Waals surface area (Å²) < 4.78 is 18.6. The number of urea groups is 1. The lowest BCUT2D eigenvalue weighted by Crippen LogP contribution is -2.59. The number of benzene rings is 4. The molecule has 0 spiro atoms. The van der Waals surface area contributed by atoms with Crippen molar-refractivity contribution >= 4 is 41.1 Å². The molecule has 2 aliphatic rings. The molecule has 2 aliphatic heterocycles. The summed E-state index contributed by atoms with van der Waals surface area (Å²) in [5.74, 6) is -0.0216. The molecule has 0 saturated carbocycles. The first-order chi connectivity index (χ1) is 28.1. The second-order valence-electron chi connectivity index (χ2n) is 16.0. The molecule has 0 bridgehead atoms. The largest absolute Gasteiger partial charge is 0.489 e. The van der Waals surface area contributed by atoms with Crippen molar-refractivity contribution in [2.24, 2.45) is 0 Å². The van der Waals surface area contributed by atoms with Gasteiger partial charge in [-0.1, -0.05) is 65.7 Å². The van der Waals surface area contributed by atoms with Crippen LogP contribution in [0.2, 0.25) is 10.0 Å². The van der Waals surface area contributed by atoms with Crippen LogP contribution >= 0.6 is 23.2 Å². The van der Waals surface area contributed by atoms with Gasteiger partial charge < -0.3 is 34.9 Å². The van der Waals surface area contributed by atoms with Crippen molar-refractivity contribution in [1.29, 1.82) is 0 Å². The average molecular weight is 838 g/mol. The van der Waals surface area contributed by atoms with Crippen molar-refractivity contribution in [3.63, 3.8) is 0 Å². The summed E-state index contributed by atoms with van der Waals surface area (Å²) in [6, 6.07) is 23.6. The van der Waals surface area contributed by atoms with Crippen LogP contribution in [0.4, 0.5) is 4.79 Å². The molecule has 0 aliphatic carbocycles. The maximum absolute atomic E-state index is 14.1. The monoisotopic (exact) mass is 836 g/mol. The number of aryl methyl sites for hydroxylation is 1. The maximum atomic E-state index is 14.1. The average Bonchev–Trinajstić information content (AvgIpc) is 3.20.